The van der Waals surface area contributed by atoms with E-state index in [1.807, 2.05) is 0 Å². The second kappa shape index (κ2) is 9.22. The minimum absolute atomic E-state index is 0.264. The molecule has 98 valence electrons. The number of carbonyl (C=O) groups is 2. The minimum atomic E-state index is -0.818. The van der Waals surface area contributed by atoms with Crippen molar-refractivity contribution in [3.63, 3.8) is 0 Å². The van der Waals surface area contributed by atoms with Crippen molar-refractivity contribution in [3.8, 4) is 0 Å². The molecule has 0 N–H and O–H groups in total. The first-order valence-electron chi connectivity index (χ1n) is 5.69. The zero-order valence-corrected chi connectivity index (χ0v) is 11.9. The van der Waals surface area contributed by atoms with Gasteiger partial charge in [-0.3, -0.25) is 9.59 Å². The first-order chi connectivity index (χ1) is 8.02. The first-order valence-corrected chi connectivity index (χ1v) is 6.48. The van der Waals surface area contributed by atoms with Gasteiger partial charge >= 0.3 is 11.9 Å². The van der Waals surface area contributed by atoms with Crippen LogP contribution < -0.4 is 0 Å². The third-order valence-corrected chi connectivity index (χ3v) is 2.48. The Morgan fingerprint density at radius 3 is 2.00 bits per heavy atom. The minimum Gasteiger partial charge on any atom is -0.465 e. The van der Waals surface area contributed by atoms with Crippen molar-refractivity contribution < 1.29 is 19.1 Å². The predicted octanol–water partition coefficient (Wildman–Crippen LogP) is 2.81. The van der Waals surface area contributed by atoms with Crippen molar-refractivity contribution in [3.05, 3.63) is 11.1 Å². The average Bonchev–Trinajstić information content (AvgIpc) is 2.24. The van der Waals surface area contributed by atoms with E-state index in [-0.39, 0.29) is 13.2 Å². The Morgan fingerprint density at radius 1 is 1.18 bits per heavy atom. The van der Waals surface area contributed by atoms with Crippen molar-refractivity contribution in [2.75, 3.05) is 13.2 Å². The number of hydrogen-bond donors (Lipinski definition) is 0. The number of carbonyl (C=O) groups excluding carboxylic acids is 2. The topological polar surface area (TPSA) is 52.6 Å². The van der Waals surface area contributed by atoms with E-state index in [0.29, 0.717) is 12.8 Å². The van der Waals surface area contributed by atoms with Crippen LogP contribution in [0.4, 0.5) is 0 Å². The van der Waals surface area contributed by atoms with Crippen molar-refractivity contribution in [1.29, 1.82) is 0 Å². The van der Waals surface area contributed by atoms with E-state index in [0.717, 1.165) is 10.9 Å². The highest BCUT2D eigenvalue weighted by atomic mass is 79.9. The van der Waals surface area contributed by atoms with Gasteiger partial charge in [0.2, 0.25) is 0 Å². The summed E-state index contributed by atoms with van der Waals surface area (Å²) < 4.78 is 10.6. The summed E-state index contributed by atoms with van der Waals surface area (Å²) in [5.74, 6) is -1.83. The Bertz CT molecular complexity index is 258. The molecule has 0 amide bonds. The molecule has 0 spiro atoms. The SMILES string of the molecule is C=C(Br)CCCC(C(=O)OCC)C(=O)OCC. The van der Waals surface area contributed by atoms with E-state index < -0.39 is 17.9 Å². The molecule has 0 bridgehead atoms. The molecule has 0 aliphatic heterocycles. The molecule has 0 aromatic carbocycles. The lowest BCUT2D eigenvalue weighted by Gasteiger charge is -2.13. The summed E-state index contributed by atoms with van der Waals surface area (Å²) in [5.41, 5.74) is 0. The highest BCUT2D eigenvalue weighted by Crippen LogP contribution is 2.17. The van der Waals surface area contributed by atoms with Gasteiger partial charge in [0.15, 0.2) is 5.92 Å². The molecule has 0 aliphatic rings. The Labute approximate surface area is 110 Å². The maximum absolute atomic E-state index is 11.6. The maximum atomic E-state index is 11.6. The molecule has 4 nitrogen and oxygen atoms in total. The van der Waals surface area contributed by atoms with E-state index in [9.17, 15) is 9.59 Å². The molecule has 17 heavy (non-hydrogen) atoms. The number of ether oxygens (including phenoxy) is 2. The summed E-state index contributed by atoms with van der Waals surface area (Å²) in [7, 11) is 0. The molecule has 0 rings (SSSR count). The summed E-state index contributed by atoms with van der Waals surface area (Å²) in [5, 5.41) is 0. The number of esters is 2. The van der Waals surface area contributed by atoms with Crippen LogP contribution in [0.5, 0.6) is 0 Å². The summed E-state index contributed by atoms with van der Waals surface area (Å²) in [4.78, 5) is 23.2. The predicted molar refractivity (Wildman–Crippen MR) is 68.7 cm³/mol. The van der Waals surface area contributed by atoms with Crippen LogP contribution in [0.3, 0.4) is 0 Å². The van der Waals surface area contributed by atoms with Crippen molar-refractivity contribution >= 4 is 27.9 Å². The van der Waals surface area contributed by atoms with Crippen LogP contribution >= 0.6 is 15.9 Å². The van der Waals surface area contributed by atoms with Crippen molar-refractivity contribution in [1.82, 2.24) is 0 Å². The fourth-order valence-electron chi connectivity index (χ4n) is 1.32. The van der Waals surface area contributed by atoms with Crippen LogP contribution in [0.15, 0.2) is 11.1 Å². The average molecular weight is 307 g/mol. The van der Waals surface area contributed by atoms with Crippen LogP contribution in [-0.2, 0) is 19.1 Å². The van der Waals surface area contributed by atoms with E-state index in [1.54, 1.807) is 13.8 Å². The number of rotatable bonds is 8. The van der Waals surface area contributed by atoms with Crippen LogP contribution in [0.2, 0.25) is 0 Å². The van der Waals surface area contributed by atoms with E-state index in [1.165, 1.54) is 0 Å². The van der Waals surface area contributed by atoms with Crippen LogP contribution in [-0.4, -0.2) is 25.2 Å². The molecular formula is C12H19BrO4. The fourth-order valence-corrected chi connectivity index (χ4v) is 1.60. The Balaban J connectivity index is 4.34. The molecule has 0 saturated carbocycles. The lowest BCUT2D eigenvalue weighted by Crippen LogP contribution is -2.28. The van der Waals surface area contributed by atoms with E-state index >= 15 is 0 Å². The molecule has 0 radical (unpaired) electrons. The fraction of sp³-hybridized carbons (Fsp3) is 0.667. The summed E-state index contributed by atoms with van der Waals surface area (Å²) in [6.07, 6.45) is 1.82. The molecule has 0 aromatic heterocycles. The van der Waals surface area contributed by atoms with Crippen LogP contribution in [0, 0.1) is 5.92 Å². The maximum Gasteiger partial charge on any atom is 0.320 e. The van der Waals surface area contributed by atoms with Crippen LogP contribution in [0.25, 0.3) is 0 Å². The van der Waals surface area contributed by atoms with E-state index in [2.05, 4.69) is 22.5 Å². The standard InChI is InChI=1S/C12H19BrO4/c1-4-16-11(14)10(12(15)17-5-2)8-6-7-9(3)13/h10H,3-8H2,1-2H3. The molecule has 0 unspecified atom stereocenters. The molecule has 0 heterocycles. The molecule has 5 heteroatoms. The highest BCUT2D eigenvalue weighted by Gasteiger charge is 2.28. The van der Waals surface area contributed by atoms with Crippen LogP contribution in [0.1, 0.15) is 33.1 Å². The van der Waals surface area contributed by atoms with Gasteiger partial charge in [-0.2, -0.15) is 0 Å². The largest absolute Gasteiger partial charge is 0.465 e. The summed E-state index contributed by atoms with van der Waals surface area (Å²) in [6, 6.07) is 0. The van der Waals surface area contributed by atoms with Gasteiger partial charge in [0.25, 0.3) is 0 Å². The van der Waals surface area contributed by atoms with Gasteiger partial charge in [-0.05, 0) is 37.6 Å². The Morgan fingerprint density at radius 2 is 1.65 bits per heavy atom. The van der Waals surface area contributed by atoms with Gasteiger partial charge in [-0.25, -0.2) is 0 Å². The lowest BCUT2D eigenvalue weighted by atomic mass is 10.0. The van der Waals surface area contributed by atoms with Gasteiger partial charge in [-0.1, -0.05) is 22.5 Å². The smallest absolute Gasteiger partial charge is 0.320 e. The zero-order chi connectivity index (χ0) is 13.3. The quantitative estimate of drug-likeness (QED) is 0.511. The monoisotopic (exact) mass is 306 g/mol. The first kappa shape index (κ1) is 16.2. The summed E-state index contributed by atoms with van der Waals surface area (Å²) in [6.45, 7) is 7.64. The third-order valence-electron chi connectivity index (χ3n) is 2.08. The van der Waals surface area contributed by atoms with Gasteiger partial charge in [-0.15, -0.1) is 0 Å². The number of allylic oxidation sites excluding steroid dienone is 1. The molecule has 0 atom stereocenters. The second-order valence-corrected chi connectivity index (χ2v) is 4.59. The highest BCUT2D eigenvalue weighted by molar-refractivity contribution is 9.11. The normalized spacial score (nSPS) is 10.1. The molecule has 0 saturated heterocycles. The molecule has 0 fully saturated rings. The van der Waals surface area contributed by atoms with Gasteiger partial charge < -0.3 is 9.47 Å². The molecular weight excluding hydrogens is 288 g/mol. The zero-order valence-electron chi connectivity index (χ0n) is 10.3. The van der Waals surface area contributed by atoms with Gasteiger partial charge in [0, 0.05) is 0 Å². The van der Waals surface area contributed by atoms with Gasteiger partial charge in [0.1, 0.15) is 0 Å². The van der Waals surface area contributed by atoms with Gasteiger partial charge in [0.05, 0.1) is 13.2 Å². The third kappa shape index (κ3) is 7.15. The Hall–Kier alpha value is -0.840. The Kier molecular flexibility index (Phi) is 8.76. The lowest BCUT2D eigenvalue weighted by molar-refractivity contribution is -0.161. The van der Waals surface area contributed by atoms with Crippen molar-refractivity contribution in [2.45, 2.75) is 33.1 Å². The number of halogens is 1. The van der Waals surface area contributed by atoms with Crippen molar-refractivity contribution in [2.24, 2.45) is 5.92 Å². The molecule has 0 aromatic rings. The second-order valence-electron chi connectivity index (χ2n) is 3.47. The molecule has 0 aliphatic carbocycles. The summed E-state index contributed by atoms with van der Waals surface area (Å²) >= 11 is 3.23. The number of hydrogen-bond acceptors (Lipinski definition) is 4. The van der Waals surface area contributed by atoms with E-state index in [4.69, 9.17) is 9.47 Å².